The molecule has 0 saturated carbocycles. The van der Waals surface area contributed by atoms with Crippen molar-refractivity contribution < 1.29 is 9.72 Å². The Morgan fingerprint density at radius 2 is 1.96 bits per heavy atom. The van der Waals surface area contributed by atoms with Gasteiger partial charge in [0.25, 0.3) is 11.6 Å². The number of nitrogens with one attached hydrogen (secondary N) is 1. The second-order valence-corrected chi connectivity index (χ2v) is 6.39. The molecule has 6 heteroatoms. The third-order valence-corrected chi connectivity index (χ3v) is 4.51. The van der Waals surface area contributed by atoms with Crippen molar-refractivity contribution in [1.82, 2.24) is 5.32 Å². The molecule has 0 aliphatic heterocycles. The zero-order valence-electron chi connectivity index (χ0n) is 13.7. The van der Waals surface area contributed by atoms with E-state index in [4.69, 9.17) is 0 Å². The lowest BCUT2D eigenvalue weighted by Gasteiger charge is -2.14. The zero-order chi connectivity index (χ0) is 17.5. The number of hydrogen-bond donors (Lipinski definition) is 1. The molecule has 0 saturated heterocycles. The fourth-order valence-electron chi connectivity index (χ4n) is 2.38. The number of benzene rings is 2. The standard InChI is InChI=1S/C18H20N2O3S/c1-13(8-9-14-6-4-3-5-7-14)19-18(21)15-10-11-17(24-2)16(12-15)20(22)23/h3-7,10-13H,8-9H2,1-2H3,(H,19,21). The fraction of sp³-hybridized carbons (Fsp3) is 0.278. The van der Waals surface area contributed by atoms with Crippen LogP contribution in [0.1, 0.15) is 29.3 Å². The summed E-state index contributed by atoms with van der Waals surface area (Å²) in [6.07, 6.45) is 3.45. The predicted molar refractivity (Wildman–Crippen MR) is 96.6 cm³/mol. The number of carbonyl (C=O) groups is 1. The maximum absolute atomic E-state index is 12.3. The van der Waals surface area contributed by atoms with E-state index in [-0.39, 0.29) is 17.6 Å². The van der Waals surface area contributed by atoms with Gasteiger partial charge in [0, 0.05) is 17.7 Å². The summed E-state index contributed by atoms with van der Waals surface area (Å²) in [5.74, 6) is -0.286. The first-order chi connectivity index (χ1) is 11.5. The molecule has 126 valence electrons. The molecule has 1 atom stereocenters. The number of nitro benzene ring substituents is 1. The van der Waals surface area contributed by atoms with Gasteiger partial charge in [0.15, 0.2) is 0 Å². The van der Waals surface area contributed by atoms with Gasteiger partial charge in [-0.25, -0.2) is 0 Å². The summed E-state index contributed by atoms with van der Waals surface area (Å²) >= 11 is 1.29. The molecule has 0 radical (unpaired) electrons. The summed E-state index contributed by atoms with van der Waals surface area (Å²) in [6, 6.07) is 14.6. The highest BCUT2D eigenvalue weighted by atomic mass is 32.2. The molecule has 1 unspecified atom stereocenters. The number of aryl methyl sites for hydroxylation is 1. The van der Waals surface area contributed by atoms with Crippen molar-refractivity contribution in [1.29, 1.82) is 0 Å². The lowest BCUT2D eigenvalue weighted by molar-refractivity contribution is -0.387. The van der Waals surface area contributed by atoms with E-state index in [1.165, 1.54) is 23.4 Å². The summed E-state index contributed by atoms with van der Waals surface area (Å²) in [6.45, 7) is 1.94. The third kappa shape index (κ3) is 4.83. The first-order valence-corrected chi connectivity index (χ1v) is 8.91. The van der Waals surface area contributed by atoms with Crippen molar-refractivity contribution in [2.75, 3.05) is 6.26 Å². The molecule has 0 aromatic heterocycles. The van der Waals surface area contributed by atoms with Crippen LogP contribution in [0.3, 0.4) is 0 Å². The second kappa shape index (κ2) is 8.49. The predicted octanol–water partition coefficient (Wildman–Crippen LogP) is 4.07. The second-order valence-electron chi connectivity index (χ2n) is 5.54. The van der Waals surface area contributed by atoms with Crippen LogP contribution in [0.2, 0.25) is 0 Å². The highest BCUT2D eigenvalue weighted by molar-refractivity contribution is 7.98. The van der Waals surface area contributed by atoms with Crippen LogP contribution in [0.4, 0.5) is 5.69 Å². The van der Waals surface area contributed by atoms with E-state index in [9.17, 15) is 14.9 Å². The van der Waals surface area contributed by atoms with E-state index in [1.54, 1.807) is 18.4 Å². The van der Waals surface area contributed by atoms with Crippen molar-refractivity contribution in [3.63, 3.8) is 0 Å². The number of carbonyl (C=O) groups excluding carboxylic acids is 1. The summed E-state index contributed by atoms with van der Waals surface area (Å²) in [5.41, 5.74) is 1.50. The van der Waals surface area contributed by atoms with Crippen molar-refractivity contribution >= 4 is 23.4 Å². The lowest BCUT2D eigenvalue weighted by Crippen LogP contribution is -2.32. The lowest BCUT2D eigenvalue weighted by atomic mass is 10.1. The third-order valence-electron chi connectivity index (χ3n) is 3.72. The van der Waals surface area contributed by atoms with Crippen LogP contribution in [0.15, 0.2) is 53.4 Å². The first-order valence-electron chi connectivity index (χ1n) is 7.68. The summed E-state index contributed by atoms with van der Waals surface area (Å²) in [7, 11) is 0. The Kier molecular flexibility index (Phi) is 6.37. The monoisotopic (exact) mass is 344 g/mol. The average molecular weight is 344 g/mol. The van der Waals surface area contributed by atoms with E-state index >= 15 is 0 Å². The van der Waals surface area contributed by atoms with Crippen molar-refractivity contribution in [3.05, 3.63) is 69.8 Å². The van der Waals surface area contributed by atoms with Gasteiger partial charge in [-0.3, -0.25) is 14.9 Å². The van der Waals surface area contributed by atoms with Crippen LogP contribution < -0.4 is 5.32 Å². The van der Waals surface area contributed by atoms with Gasteiger partial charge in [0.1, 0.15) is 0 Å². The van der Waals surface area contributed by atoms with Gasteiger partial charge < -0.3 is 5.32 Å². The molecule has 2 aromatic rings. The van der Waals surface area contributed by atoms with Crippen LogP contribution in [0.25, 0.3) is 0 Å². The molecule has 0 heterocycles. The van der Waals surface area contributed by atoms with Gasteiger partial charge >= 0.3 is 0 Å². The Morgan fingerprint density at radius 3 is 2.58 bits per heavy atom. The minimum absolute atomic E-state index is 0.0167. The Morgan fingerprint density at radius 1 is 1.25 bits per heavy atom. The molecular weight excluding hydrogens is 324 g/mol. The van der Waals surface area contributed by atoms with Gasteiger partial charge in [-0.2, -0.15) is 0 Å². The van der Waals surface area contributed by atoms with Crippen LogP contribution in [-0.4, -0.2) is 23.1 Å². The van der Waals surface area contributed by atoms with Crippen molar-refractivity contribution in [2.45, 2.75) is 30.7 Å². The highest BCUT2D eigenvalue weighted by Gasteiger charge is 2.18. The number of hydrogen-bond acceptors (Lipinski definition) is 4. The summed E-state index contributed by atoms with van der Waals surface area (Å²) in [4.78, 5) is 23.5. The Hall–Kier alpha value is -2.34. The van der Waals surface area contributed by atoms with Crippen molar-refractivity contribution in [2.24, 2.45) is 0 Å². The Balaban J connectivity index is 1.98. The SMILES string of the molecule is CSc1ccc(C(=O)NC(C)CCc2ccccc2)cc1[N+](=O)[O-]. The molecule has 0 spiro atoms. The molecular formula is C18H20N2O3S. The highest BCUT2D eigenvalue weighted by Crippen LogP contribution is 2.28. The molecule has 0 fully saturated rings. The maximum Gasteiger partial charge on any atom is 0.283 e. The molecule has 0 aliphatic rings. The Labute approximate surface area is 145 Å². The topological polar surface area (TPSA) is 72.2 Å². The smallest absolute Gasteiger partial charge is 0.283 e. The maximum atomic E-state index is 12.3. The minimum atomic E-state index is -0.457. The first kappa shape index (κ1) is 18.0. The molecule has 0 aliphatic carbocycles. The van der Waals surface area contributed by atoms with E-state index in [1.807, 2.05) is 25.1 Å². The largest absolute Gasteiger partial charge is 0.350 e. The van der Waals surface area contributed by atoms with Crippen LogP contribution >= 0.6 is 11.8 Å². The molecule has 1 amide bonds. The molecule has 2 aromatic carbocycles. The van der Waals surface area contributed by atoms with Crippen molar-refractivity contribution in [3.8, 4) is 0 Å². The van der Waals surface area contributed by atoms with E-state index in [0.717, 1.165) is 12.8 Å². The van der Waals surface area contributed by atoms with Crippen LogP contribution in [-0.2, 0) is 6.42 Å². The number of amides is 1. The van der Waals surface area contributed by atoms with Gasteiger partial charge in [0.2, 0.25) is 0 Å². The van der Waals surface area contributed by atoms with Gasteiger partial charge in [0.05, 0.1) is 9.82 Å². The quantitative estimate of drug-likeness (QED) is 0.467. The molecule has 1 N–H and O–H groups in total. The van der Waals surface area contributed by atoms with Gasteiger partial charge in [-0.15, -0.1) is 11.8 Å². The minimum Gasteiger partial charge on any atom is -0.350 e. The number of nitrogens with zero attached hydrogens (tertiary/aromatic N) is 1. The van der Waals surface area contributed by atoms with E-state index in [0.29, 0.717) is 10.5 Å². The zero-order valence-corrected chi connectivity index (χ0v) is 14.5. The van der Waals surface area contributed by atoms with Crippen LogP contribution in [0, 0.1) is 10.1 Å². The van der Waals surface area contributed by atoms with E-state index < -0.39 is 4.92 Å². The molecule has 2 rings (SSSR count). The number of rotatable bonds is 7. The van der Waals surface area contributed by atoms with Crippen LogP contribution in [0.5, 0.6) is 0 Å². The Bertz CT molecular complexity index is 719. The average Bonchev–Trinajstić information content (AvgIpc) is 2.60. The number of thioether (sulfide) groups is 1. The fourth-order valence-corrected chi connectivity index (χ4v) is 2.93. The van der Waals surface area contributed by atoms with E-state index in [2.05, 4.69) is 17.4 Å². The molecule has 0 bridgehead atoms. The molecule has 5 nitrogen and oxygen atoms in total. The molecule has 24 heavy (non-hydrogen) atoms. The van der Waals surface area contributed by atoms with Gasteiger partial charge in [-0.1, -0.05) is 30.3 Å². The number of nitro groups is 1. The van der Waals surface area contributed by atoms with Gasteiger partial charge in [-0.05, 0) is 43.7 Å². The summed E-state index contributed by atoms with van der Waals surface area (Å²) < 4.78 is 0. The summed E-state index contributed by atoms with van der Waals surface area (Å²) in [5, 5.41) is 14.0. The normalized spacial score (nSPS) is 11.8.